The van der Waals surface area contributed by atoms with Gasteiger partial charge in [-0.2, -0.15) is 0 Å². The van der Waals surface area contributed by atoms with Crippen molar-refractivity contribution in [1.29, 1.82) is 0 Å². The van der Waals surface area contributed by atoms with Crippen LogP contribution in [0, 0.1) is 0 Å². The Kier molecular flexibility index (Phi) is 2.66. The van der Waals surface area contributed by atoms with Crippen LogP contribution in [0.3, 0.4) is 0 Å². The van der Waals surface area contributed by atoms with Crippen LogP contribution >= 0.6 is 0 Å². The lowest BCUT2D eigenvalue weighted by molar-refractivity contribution is 0.0501. The first-order chi connectivity index (χ1) is 4.88. The maximum absolute atomic E-state index is 5.22. The maximum Gasteiger partial charge on any atom is 0.148 e. The van der Waals surface area contributed by atoms with E-state index < -0.39 is 0 Å². The van der Waals surface area contributed by atoms with Crippen LogP contribution in [-0.2, 0) is 9.47 Å². The average Bonchev–Trinajstić information content (AvgIpc) is 2.36. The monoisotopic (exact) mass is 140 g/mol. The molecule has 2 atom stereocenters. The topological polar surface area (TPSA) is 18.5 Å². The van der Waals surface area contributed by atoms with E-state index in [0.717, 1.165) is 0 Å². The van der Waals surface area contributed by atoms with Gasteiger partial charge < -0.3 is 9.47 Å². The SMILES string of the molecule is C=CC1OCOC1/C=C\C. The van der Waals surface area contributed by atoms with E-state index in [2.05, 4.69) is 6.58 Å². The van der Waals surface area contributed by atoms with Crippen LogP contribution in [0.4, 0.5) is 0 Å². The maximum atomic E-state index is 5.22. The molecule has 1 saturated heterocycles. The molecule has 2 nitrogen and oxygen atoms in total. The van der Waals surface area contributed by atoms with E-state index in [1.807, 2.05) is 19.1 Å². The Hall–Kier alpha value is -0.600. The molecule has 0 aromatic rings. The van der Waals surface area contributed by atoms with Gasteiger partial charge >= 0.3 is 0 Å². The van der Waals surface area contributed by atoms with Crippen molar-refractivity contribution in [2.24, 2.45) is 0 Å². The molecule has 0 amide bonds. The van der Waals surface area contributed by atoms with Gasteiger partial charge in [0.25, 0.3) is 0 Å². The van der Waals surface area contributed by atoms with Gasteiger partial charge in [-0.25, -0.2) is 0 Å². The molecule has 1 heterocycles. The Morgan fingerprint density at radius 3 is 2.70 bits per heavy atom. The lowest BCUT2D eigenvalue weighted by Crippen LogP contribution is -2.16. The molecular formula is C8H12O2. The van der Waals surface area contributed by atoms with Gasteiger partial charge in [0.1, 0.15) is 19.0 Å². The van der Waals surface area contributed by atoms with Gasteiger partial charge in [-0.05, 0) is 6.92 Å². The molecule has 0 spiro atoms. The molecule has 0 saturated carbocycles. The Balaban J connectivity index is 2.49. The van der Waals surface area contributed by atoms with Crippen LogP contribution in [-0.4, -0.2) is 19.0 Å². The van der Waals surface area contributed by atoms with Crippen LogP contribution in [0.5, 0.6) is 0 Å². The molecule has 10 heavy (non-hydrogen) atoms. The van der Waals surface area contributed by atoms with Crippen LogP contribution in [0.25, 0.3) is 0 Å². The lowest BCUT2D eigenvalue weighted by Gasteiger charge is -2.06. The molecule has 1 rings (SSSR count). The zero-order chi connectivity index (χ0) is 7.40. The van der Waals surface area contributed by atoms with E-state index in [1.54, 1.807) is 6.08 Å². The second-order valence-corrected chi connectivity index (χ2v) is 2.14. The van der Waals surface area contributed by atoms with Crippen molar-refractivity contribution in [2.45, 2.75) is 19.1 Å². The lowest BCUT2D eigenvalue weighted by atomic mass is 10.2. The number of rotatable bonds is 2. The standard InChI is InChI=1S/C8H12O2/c1-3-5-8-7(4-2)9-6-10-8/h3-5,7-8H,2,6H2,1H3/b5-3-. The number of hydrogen-bond donors (Lipinski definition) is 0. The van der Waals surface area contributed by atoms with Crippen LogP contribution in [0.2, 0.25) is 0 Å². The van der Waals surface area contributed by atoms with Crippen LogP contribution < -0.4 is 0 Å². The molecule has 0 aromatic carbocycles. The molecule has 0 aromatic heterocycles. The van der Waals surface area contributed by atoms with E-state index in [-0.39, 0.29) is 12.2 Å². The summed E-state index contributed by atoms with van der Waals surface area (Å²) in [6, 6.07) is 0. The van der Waals surface area contributed by atoms with Crippen molar-refractivity contribution < 1.29 is 9.47 Å². The van der Waals surface area contributed by atoms with Crippen molar-refractivity contribution in [3.63, 3.8) is 0 Å². The molecule has 0 bridgehead atoms. The Labute approximate surface area is 61.1 Å². The third kappa shape index (κ3) is 1.46. The summed E-state index contributed by atoms with van der Waals surface area (Å²) in [5, 5.41) is 0. The quantitative estimate of drug-likeness (QED) is 0.541. The van der Waals surface area contributed by atoms with E-state index >= 15 is 0 Å². The highest BCUT2D eigenvalue weighted by Crippen LogP contribution is 2.14. The average molecular weight is 140 g/mol. The smallest absolute Gasteiger partial charge is 0.148 e. The second-order valence-electron chi connectivity index (χ2n) is 2.14. The molecule has 0 aliphatic carbocycles. The van der Waals surface area contributed by atoms with Crippen molar-refractivity contribution >= 4 is 0 Å². The van der Waals surface area contributed by atoms with Crippen LogP contribution in [0.15, 0.2) is 24.8 Å². The van der Waals surface area contributed by atoms with E-state index in [9.17, 15) is 0 Å². The molecule has 2 unspecified atom stereocenters. The highest BCUT2D eigenvalue weighted by atomic mass is 16.7. The molecule has 0 N–H and O–H groups in total. The molecule has 1 aliphatic rings. The summed E-state index contributed by atoms with van der Waals surface area (Å²) in [7, 11) is 0. The van der Waals surface area contributed by atoms with E-state index in [4.69, 9.17) is 9.47 Å². The third-order valence-electron chi connectivity index (χ3n) is 1.46. The molecular weight excluding hydrogens is 128 g/mol. The fourth-order valence-electron chi connectivity index (χ4n) is 0.943. The van der Waals surface area contributed by atoms with Crippen molar-refractivity contribution in [3.8, 4) is 0 Å². The van der Waals surface area contributed by atoms with Gasteiger partial charge in [0.2, 0.25) is 0 Å². The minimum atomic E-state index is 0.0381. The molecule has 1 aliphatic heterocycles. The number of hydrogen-bond acceptors (Lipinski definition) is 2. The second kappa shape index (κ2) is 3.54. The van der Waals surface area contributed by atoms with Crippen molar-refractivity contribution in [2.75, 3.05) is 6.79 Å². The predicted octanol–water partition coefficient (Wildman–Crippen LogP) is 1.49. The van der Waals surface area contributed by atoms with Gasteiger partial charge in [-0.15, -0.1) is 6.58 Å². The first-order valence-electron chi connectivity index (χ1n) is 3.37. The minimum Gasteiger partial charge on any atom is -0.345 e. The zero-order valence-corrected chi connectivity index (χ0v) is 6.12. The van der Waals surface area contributed by atoms with E-state index in [1.165, 1.54) is 0 Å². The highest BCUT2D eigenvalue weighted by molar-refractivity contribution is 5.00. The number of allylic oxidation sites excluding steroid dienone is 1. The molecule has 1 fully saturated rings. The Bertz CT molecular complexity index is 140. The normalized spacial score (nSPS) is 33.3. The summed E-state index contributed by atoms with van der Waals surface area (Å²) < 4.78 is 10.4. The van der Waals surface area contributed by atoms with Gasteiger partial charge in [0, 0.05) is 0 Å². The predicted molar refractivity (Wildman–Crippen MR) is 39.6 cm³/mol. The van der Waals surface area contributed by atoms with Gasteiger partial charge in [-0.1, -0.05) is 18.2 Å². The molecule has 56 valence electrons. The fourth-order valence-corrected chi connectivity index (χ4v) is 0.943. The Morgan fingerprint density at radius 1 is 1.40 bits per heavy atom. The first-order valence-corrected chi connectivity index (χ1v) is 3.37. The first kappa shape index (κ1) is 7.51. The van der Waals surface area contributed by atoms with Gasteiger partial charge in [0.15, 0.2) is 0 Å². The summed E-state index contributed by atoms with van der Waals surface area (Å²) in [6.45, 7) is 5.98. The summed E-state index contributed by atoms with van der Waals surface area (Å²) >= 11 is 0. The third-order valence-corrected chi connectivity index (χ3v) is 1.46. The summed E-state index contributed by atoms with van der Waals surface area (Å²) in [5.74, 6) is 0. The van der Waals surface area contributed by atoms with Gasteiger partial charge in [-0.3, -0.25) is 0 Å². The van der Waals surface area contributed by atoms with E-state index in [0.29, 0.717) is 6.79 Å². The number of ether oxygens (including phenoxy) is 2. The summed E-state index contributed by atoms with van der Waals surface area (Å²) in [4.78, 5) is 0. The summed E-state index contributed by atoms with van der Waals surface area (Å²) in [6.07, 6.45) is 5.80. The molecule has 2 heteroatoms. The highest BCUT2D eigenvalue weighted by Gasteiger charge is 2.23. The van der Waals surface area contributed by atoms with Gasteiger partial charge in [0.05, 0.1) is 0 Å². The van der Waals surface area contributed by atoms with Crippen LogP contribution in [0.1, 0.15) is 6.92 Å². The van der Waals surface area contributed by atoms with Crippen molar-refractivity contribution in [3.05, 3.63) is 24.8 Å². The fraction of sp³-hybridized carbons (Fsp3) is 0.500. The Morgan fingerprint density at radius 2 is 2.10 bits per heavy atom. The molecule has 0 radical (unpaired) electrons. The minimum absolute atomic E-state index is 0.0381. The zero-order valence-electron chi connectivity index (χ0n) is 6.12. The largest absolute Gasteiger partial charge is 0.345 e. The summed E-state index contributed by atoms with van der Waals surface area (Å²) in [5.41, 5.74) is 0. The van der Waals surface area contributed by atoms with Crippen molar-refractivity contribution in [1.82, 2.24) is 0 Å².